The van der Waals surface area contributed by atoms with Crippen molar-refractivity contribution >= 4 is 33.7 Å². The highest BCUT2D eigenvalue weighted by atomic mass is 16.1. The fourth-order valence-electron chi connectivity index (χ4n) is 5.78. The maximum absolute atomic E-state index is 11.7. The fraction of sp³-hybridized carbons (Fsp3) is 0.258. The fourth-order valence-corrected chi connectivity index (χ4v) is 5.78. The van der Waals surface area contributed by atoms with E-state index in [1.807, 2.05) is 47.4 Å². The van der Waals surface area contributed by atoms with Crippen LogP contribution in [0.15, 0.2) is 79.3 Å². The first-order chi connectivity index (χ1) is 18.0. The molecule has 2 aromatic heterocycles. The van der Waals surface area contributed by atoms with Crippen LogP contribution in [0.2, 0.25) is 0 Å². The Hall–Kier alpha value is -4.19. The lowest BCUT2D eigenvalue weighted by atomic mass is 9.96. The summed E-state index contributed by atoms with van der Waals surface area (Å²) < 4.78 is 1.84. The molecule has 3 aromatic carbocycles. The van der Waals surface area contributed by atoms with E-state index in [2.05, 4.69) is 65.6 Å². The van der Waals surface area contributed by atoms with Gasteiger partial charge in [-0.15, -0.1) is 0 Å². The van der Waals surface area contributed by atoms with Gasteiger partial charge in [0.15, 0.2) is 5.65 Å². The average Bonchev–Trinajstić information content (AvgIpc) is 3.31. The second kappa shape index (κ2) is 9.36. The van der Waals surface area contributed by atoms with Gasteiger partial charge in [-0.3, -0.25) is 4.79 Å². The molecule has 0 radical (unpaired) electrons. The zero-order valence-electron chi connectivity index (χ0n) is 21.5. The Labute approximate surface area is 217 Å². The molecule has 1 aliphatic heterocycles. The minimum absolute atomic E-state index is 0.0981. The quantitative estimate of drug-likeness (QED) is 0.297. The van der Waals surface area contributed by atoms with Crippen LogP contribution in [0.1, 0.15) is 40.0 Å². The molecule has 6 heteroatoms. The Morgan fingerprint density at radius 1 is 0.919 bits per heavy atom. The lowest BCUT2D eigenvalue weighted by Gasteiger charge is -2.41. The standard InChI is InChI=1S/C31H31N5O/c1-20-7-6-8-21(2)36(20)27-13-11-23(12-14-27)25-17-32-31-30(18-33-35(31)19-25)29-16-26(34-22(3)37)15-24-9-4-5-10-28(24)29/h4-5,9-21H,6-8H2,1-3H3,(H,34,37)/t20-,21+. The second-order valence-corrected chi connectivity index (χ2v) is 10.2. The summed E-state index contributed by atoms with van der Waals surface area (Å²) in [7, 11) is 0. The van der Waals surface area contributed by atoms with Gasteiger partial charge in [0.1, 0.15) is 0 Å². The molecule has 6 nitrogen and oxygen atoms in total. The normalized spacial score (nSPS) is 17.9. The molecule has 0 saturated carbocycles. The van der Waals surface area contributed by atoms with E-state index in [1.165, 1.54) is 31.9 Å². The van der Waals surface area contributed by atoms with Crippen molar-refractivity contribution in [1.29, 1.82) is 0 Å². The number of amides is 1. The first-order valence-electron chi connectivity index (χ1n) is 13.0. The summed E-state index contributed by atoms with van der Waals surface area (Å²) in [4.78, 5) is 19.1. The summed E-state index contributed by atoms with van der Waals surface area (Å²) >= 11 is 0. The molecule has 1 N–H and O–H groups in total. The average molecular weight is 490 g/mol. The molecule has 1 amide bonds. The van der Waals surface area contributed by atoms with E-state index >= 15 is 0 Å². The summed E-state index contributed by atoms with van der Waals surface area (Å²) in [6, 6.07) is 22.1. The topological polar surface area (TPSA) is 62.5 Å². The van der Waals surface area contributed by atoms with Gasteiger partial charge in [0.25, 0.3) is 0 Å². The maximum Gasteiger partial charge on any atom is 0.221 e. The van der Waals surface area contributed by atoms with Gasteiger partial charge in [-0.05, 0) is 79.3 Å². The van der Waals surface area contributed by atoms with Gasteiger partial charge in [-0.1, -0.05) is 36.4 Å². The van der Waals surface area contributed by atoms with Crippen LogP contribution in [0.4, 0.5) is 11.4 Å². The molecule has 3 heterocycles. The molecule has 0 bridgehead atoms. The van der Waals surface area contributed by atoms with E-state index in [1.54, 1.807) is 0 Å². The van der Waals surface area contributed by atoms with Crippen LogP contribution in [-0.2, 0) is 4.79 Å². The monoisotopic (exact) mass is 489 g/mol. The molecule has 186 valence electrons. The number of anilines is 2. The number of carbonyl (C=O) groups is 1. The van der Waals surface area contributed by atoms with Gasteiger partial charge in [-0.2, -0.15) is 5.10 Å². The minimum atomic E-state index is -0.0981. The predicted octanol–water partition coefficient (Wildman–Crippen LogP) is 6.94. The molecule has 5 aromatic rings. The number of nitrogens with zero attached hydrogens (tertiary/aromatic N) is 4. The highest BCUT2D eigenvalue weighted by Crippen LogP contribution is 2.35. The summed E-state index contributed by atoms with van der Waals surface area (Å²) in [5.41, 5.74) is 6.88. The van der Waals surface area contributed by atoms with Crippen LogP contribution in [0.25, 0.3) is 38.7 Å². The molecule has 6 rings (SSSR count). The van der Waals surface area contributed by atoms with Crippen LogP contribution in [0.3, 0.4) is 0 Å². The molecule has 2 atom stereocenters. The van der Waals surface area contributed by atoms with E-state index in [-0.39, 0.29) is 5.91 Å². The van der Waals surface area contributed by atoms with Crippen molar-refractivity contribution in [2.75, 3.05) is 10.2 Å². The number of piperidine rings is 1. The number of hydrogen-bond donors (Lipinski definition) is 1. The van der Waals surface area contributed by atoms with Crippen LogP contribution >= 0.6 is 0 Å². The first-order valence-corrected chi connectivity index (χ1v) is 13.0. The number of aromatic nitrogens is 3. The first kappa shape index (κ1) is 23.2. The third-order valence-corrected chi connectivity index (χ3v) is 7.52. The molecular weight excluding hydrogens is 458 g/mol. The van der Waals surface area contributed by atoms with Gasteiger partial charge in [0, 0.05) is 53.9 Å². The lowest BCUT2D eigenvalue weighted by Crippen LogP contribution is -2.43. The Morgan fingerprint density at radius 3 is 2.43 bits per heavy atom. The molecule has 0 aliphatic carbocycles. The number of nitrogens with one attached hydrogen (secondary N) is 1. The van der Waals surface area contributed by atoms with Gasteiger partial charge in [-0.25, -0.2) is 9.50 Å². The number of rotatable bonds is 4. The number of benzene rings is 3. The Balaban J connectivity index is 1.36. The molecule has 0 unspecified atom stereocenters. The third-order valence-electron chi connectivity index (χ3n) is 7.52. The molecular formula is C31H31N5O. The summed E-state index contributed by atoms with van der Waals surface area (Å²) in [5.74, 6) is -0.0981. The zero-order valence-corrected chi connectivity index (χ0v) is 21.5. The van der Waals surface area contributed by atoms with Crippen molar-refractivity contribution in [3.8, 4) is 22.3 Å². The summed E-state index contributed by atoms with van der Waals surface area (Å²) in [6.07, 6.45) is 9.61. The van der Waals surface area contributed by atoms with E-state index < -0.39 is 0 Å². The maximum atomic E-state index is 11.7. The van der Waals surface area contributed by atoms with Crippen LogP contribution in [0.5, 0.6) is 0 Å². The van der Waals surface area contributed by atoms with Gasteiger partial charge < -0.3 is 10.2 Å². The van der Waals surface area contributed by atoms with Gasteiger partial charge in [0.2, 0.25) is 5.91 Å². The molecule has 1 aliphatic rings. The van der Waals surface area contributed by atoms with Crippen molar-refractivity contribution in [1.82, 2.24) is 14.6 Å². The molecule has 0 spiro atoms. The Kier molecular flexibility index (Phi) is 5.87. The second-order valence-electron chi connectivity index (χ2n) is 10.2. The smallest absolute Gasteiger partial charge is 0.221 e. The number of carbonyl (C=O) groups excluding carboxylic acids is 1. The van der Waals surface area contributed by atoms with Crippen LogP contribution in [-0.4, -0.2) is 32.6 Å². The van der Waals surface area contributed by atoms with E-state index in [4.69, 9.17) is 4.98 Å². The van der Waals surface area contributed by atoms with Crippen molar-refractivity contribution in [2.45, 2.75) is 52.1 Å². The van der Waals surface area contributed by atoms with Gasteiger partial charge in [0.05, 0.1) is 6.20 Å². The van der Waals surface area contributed by atoms with Crippen molar-refractivity contribution in [3.63, 3.8) is 0 Å². The molecule has 1 fully saturated rings. The van der Waals surface area contributed by atoms with Crippen molar-refractivity contribution < 1.29 is 4.79 Å². The van der Waals surface area contributed by atoms with Gasteiger partial charge >= 0.3 is 0 Å². The molecule has 37 heavy (non-hydrogen) atoms. The highest BCUT2D eigenvalue weighted by molar-refractivity contribution is 6.03. The van der Waals surface area contributed by atoms with E-state index in [0.717, 1.165) is 44.4 Å². The highest BCUT2D eigenvalue weighted by Gasteiger charge is 2.24. The lowest BCUT2D eigenvalue weighted by molar-refractivity contribution is -0.114. The van der Waals surface area contributed by atoms with E-state index in [0.29, 0.717) is 12.1 Å². The summed E-state index contributed by atoms with van der Waals surface area (Å²) in [5, 5.41) is 9.71. The SMILES string of the molecule is CC(=O)Nc1cc(-c2cnn3cc(-c4ccc(N5[C@H](C)CCC[C@@H]5C)cc4)cnc23)c2ccccc2c1. The Morgan fingerprint density at radius 2 is 1.68 bits per heavy atom. The minimum Gasteiger partial charge on any atom is -0.366 e. The number of hydrogen-bond acceptors (Lipinski definition) is 4. The third kappa shape index (κ3) is 4.33. The van der Waals surface area contributed by atoms with Crippen LogP contribution < -0.4 is 10.2 Å². The van der Waals surface area contributed by atoms with E-state index in [9.17, 15) is 4.79 Å². The zero-order chi connectivity index (χ0) is 25.5. The molecule has 1 saturated heterocycles. The van der Waals surface area contributed by atoms with Crippen molar-refractivity contribution in [3.05, 3.63) is 79.3 Å². The van der Waals surface area contributed by atoms with Crippen LogP contribution in [0, 0.1) is 0 Å². The number of fused-ring (bicyclic) bond motifs is 2. The largest absolute Gasteiger partial charge is 0.366 e. The Bertz CT molecular complexity index is 1590. The summed E-state index contributed by atoms with van der Waals surface area (Å²) in [6.45, 7) is 6.17. The van der Waals surface area contributed by atoms with Crippen molar-refractivity contribution in [2.24, 2.45) is 0 Å². The predicted molar refractivity (Wildman–Crippen MR) is 151 cm³/mol.